The van der Waals surface area contributed by atoms with Crippen molar-refractivity contribution in [1.29, 1.82) is 0 Å². The van der Waals surface area contributed by atoms with E-state index in [0.29, 0.717) is 13.1 Å². The van der Waals surface area contributed by atoms with Gasteiger partial charge in [0.05, 0.1) is 6.04 Å². The first-order valence-electron chi connectivity index (χ1n) is 5.84. The van der Waals surface area contributed by atoms with Crippen LogP contribution in [0.5, 0.6) is 0 Å². The number of nitrogens with two attached hydrogens (primary N) is 1. The first-order valence-corrected chi connectivity index (χ1v) is 5.84. The summed E-state index contributed by atoms with van der Waals surface area (Å²) in [4.78, 5) is 23.4. The maximum atomic E-state index is 12.1. The zero-order valence-electron chi connectivity index (χ0n) is 10.3. The molecule has 5 heteroatoms. The zero-order chi connectivity index (χ0) is 12.3. The number of carbonyl (C=O) groups is 2. The molecule has 0 aliphatic carbocycles. The molecule has 2 N–H and O–H groups in total. The monoisotopic (exact) mass is 227 g/mol. The molecule has 1 saturated heterocycles. The Morgan fingerprint density at radius 1 is 1.31 bits per heavy atom. The molecule has 0 radical (unpaired) electrons. The molecule has 0 aromatic rings. The van der Waals surface area contributed by atoms with E-state index < -0.39 is 6.04 Å². The summed E-state index contributed by atoms with van der Waals surface area (Å²) in [7, 11) is 0. The molecule has 2 atom stereocenters. The van der Waals surface area contributed by atoms with Crippen molar-refractivity contribution in [3.63, 3.8) is 0 Å². The van der Waals surface area contributed by atoms with Gasteiger partial charge in [-0.1, -0.05) is 20.3 Å². The summed E-state index contributed by atoms with van der Waals surface area (Å²) in [6.45, 7) is 6.65. The predicted octanol–water partition coefficient (Wildman–Crippen LogP) is 0.356. The number of rotatable bonds is 3. The minimum absolute atomic E-state index is 0.0952. The van der Waals surface area contributed by atoms with Gasteiger partial charge in [0.15, 0.2) is 0 Å². The Morgan fingerprint density at radius 2 is 1.88 bits per heavy atom. The average Bonchev–Trinajstić information content (AvgIpc) is 2.74. The predicted molar refractivity (Wildman–Crippen MR) is 61.1 cm³/mol. The molecule has 1 fully saturated rings. The summed E-state index contributed by atoms with van der Waals surface area (Å²) >= 11 is 0. The quantitative estimate of drug-likeness (QED) is 0.756. The third-order valence-electron chi connectivity index (χ3n) is 3.19. The van der Waals surface area contributed by atoms with Crippen LogP contribution in [0.25, 0.3) is 0 Å². The van der Waals surface area contributed by atoms with Gasteiger partial charge in [-0.05, 0) is 12.3 Å². The van der Waals surface area contributed by atoms with Crippen LogP contribution in [0.15, 0.2) is 0 Å². The normalized spacial score (nSPS) is 19.8. The summed E-state index contributed by atoms with van der Waals surface area (Å²) < 4.78 is 0. The molecule has 1 rings (SSSR count). The topological polar surface area (TPSA) is 66.6 Å². The number of hydrogen-bond acceptors (Lipinski definition) is 3. The van der Waals surface area contributed by atoms with Crippen molar-refractivity contribution >= 4 is 11.8 Å². The summed E-state index contributed by atoms with van der Waals surface area (Å²) in [5.74, 6) is -0.0915. The molecule has 0 bridgehead atoms. The van der Waals surface area contributed by atoms with Crippen LogP contribution in [0.1, 0.15) is 33.6 Å². The molecule has 0 saturated carbocycles. The van der Waals surface area contributed by atoms with Crippen LogP contribution >= 0.6 is 0 Å². The Morgan fingerprint density at radius 3 is 2.38 bits per heavy atom. The highest BCUT2D eigenvalue weighted by Gasteiger charge is 2.33. The van der Waals surface area contributed by atoms with Gasteiger partial charge in [0.1, 0.15) is 0 Å². The molecule has 5 nitrogen and oxygen atoms in total. The minimum atomic E-state index is -0.509. The molecule has 0 aromatic carbocycles. The largest absolute Gasteiger partial charge is 0.320 e. The number of hydrazine groups is 1. The van der Waals surface area contributed by atoms with Crippen LogP contribution in [-0.2, 0) is 9.59 Å². The fraction of sp³-hybridized carbons (Fsp3) is 0.818. The lowest BCUT2D eigenvalue weighted by Gasteiger charge is -2.30. The van der Waals surface area contributed by atoms with Crippen LogP contribution in [0, 0.1) is 5.92 Å². The number of hydrogen-bond donors (Lipinski definition) is 1. The third-order valence-corrected chi connectivity index (χ3v) is 3.19. The van der Waals surface area contributed by atoms with Gasteiger partial charge in [0, 0.05) is 20.0 Å². The van der Waals surface area contributed by atoms with Gasteiger partial charge in [-0.2, -0.15) is 0 Å². The van der Waals surface area contributed by atoms with E-state index >= 15 is 0 Å². The Hall–Kier alpha value is -1.10. The van der Waals surface area contributed by atoms with Crippen LogP contribution in [0.3, 0.4) is 0 Å². The molecular formula is C11H21N3O2. The van der Waals surface area contributed by atoms with Gasteiger partial charge in [-0.25, -0.2) is 0 Å². The van der Waals surface area contributed by atoms with Crippen molar-refractivity contribution in [2.24, 2.45) is 11.7 Å². The highest BCUT2D eigenvalue weighted by atomic mass is 16.2. The zero-order valence-corrected chi connectivity index (χ0v) is 10.3. The van der Waals surface area contributed by atoms with Crippen LogP contribution < -0.4 is 5.73 Å². The number of amides is 2. The molecule has 1 unspecified atom stereocenters. The van der Waals surface area contributed by atoms with E-state index in [1.54, 1.807) is 0 Å². The molecule has 2 amide bonds. The van der Waals surface area contributed by atoms with E-state index in [1.165, 1.54) is 16.9 Å². The van der Waals surface area contributed by atoms with Gasteiger partial charge in [0.2, 0.25) is 5.91 Å². The van der Waals surface area contributed by atoms with Crippen LogP contribution in [0.4, 0.5) is 0 Å². The van der Waals surface area contributed by atoms with Crippen molar-refractivity contribution in [2.45, 2.75) is 39.7 Å². The van der Waals surface area contributed by atoms with Crippen molar-refractivity contribution in [3.05, 3.63) is 0 Å². The number of carbonyl (C=O) groups excluding carboxylic acids is 2. The molecule has 1 aliphatic rings. The van der Waals surface area contributed by atoms with Crippen molar-refractivity contribution in [2.75, 3.05) is 13.1 Å². The third kappa shape index (κ3) is 2.52. The van der Waals surface area contributed by atoms with E-state index in [1.807, 2.05) is 13.8 Å². The summed E-state index contributed by atoms with van der Waals surface area (Å²) in [5.41, 5.74) is 5.88. The maximum Gasteiger partial charge on any atom is 0.258 e. The Bertz CT molecular complexity index is 280. The van der Waals surface area contributed by atoms with Gasteiger partial charge >= 0.3 is 0 Å². The van der Waals surface area contributed by atoms with Gasteiger partial charge in [-0.15, -0.1) is 0 Å². The van der Waals surface area contributed by atoms with Gasteiger partial charge in [-0.3, -0.25) is 19.6 Å². The lowest BCUT2D eigenvalue weighted by Crippen LogP contribution is -2.52. The van der Waals surface area contributed by atoms with E-state index in [2.05, 4.69) is 0 Å². The smallest absolute Gasteiger partial charge is 0.258 e. The summed E-state index contributed by atoms with van der Waals surface area (Å²) in [6.07, 6.45) is 1.69. The SMILES string of the molecule is CCC(C)[C@H](N)C(=O)N1CCCN1C(C)=O. The van der Waals surface area contributed by atoms with E-state index in [9.17, 15) is 9.59 Å². The van der Waals surface area contributed by atoms with E-state index in [-0.39, 0.29) is 17.7 Å². The van der Waals surface area contributed by atoms with Gasteiger partial charge in [0.25, 0.3) is 5.91 Å². The fourth-order valence-corrected chi connectivity index (χ4v) is 1.84. The molecule has 1 aliphatic heterocycles. The second kappa shape index (κ2) is 5.30. The molecule has 16 heavy (non-hydrogen) atoms. The first kappa shape index (κ1) is 13.0. The highest BCUT2D eigenvalue weighted by Crippen LogP contribution is 2.15. The van der Waals surface area contributed by atoms with Crippen LogP contribution in [0.2, 0.25) is 0 Å². The summed E-state index contributed by atoms with van der Waals surface area (Å²) in [5, 5.41) is 2.99. The fourth-order valence-electron chi connectivity index (χ4n) is 1.84. The molecule has 0 spiro atoms. The second-order valence-electron chi connectivity index (χ2n) is 4.37. The van der Waals surface area contributed by atoms with Gasteiger partial charge < -0.3 is 5.73 Å². The minimum Gasteiger partial charge on any atom is -0.320 e. The van der Waals surface area contributed by atoms with Crippen molar-refractivity contribution in [3.8, 4) is 0 Å². The maximum absolute atomic E-state index is 12.1. The lowest BCUT2D eigenvalue weighted by molar-refractivity contribution is -0.158. The Balaban J connectivity index is 2.69. The van der Waals surface area contributed by atoms with E-state index in [4.69, 9.17) is 5.73 Å². The van der Waals surface area contributed by atoms with Crippen LogP contribution in [-0.4, -0.2) is 41.0 Å². The first-order chi connectivity index (χ1) is 7.49. The standard InChI is InChI=1S/C11H21N3O2/c1-4-8(2)10(12)11(16)14-7-5-6-13(14)9(3)15/h8,10H,4-7,12H2,1-3H3/t8?,10-/m0/s1. The molecular weight excluding hydrogens is 206 g/mol. The summed E-state index contributed by atoms with van der Waals surface area (Å²) in [6, 6.07) is -0.509. The molecule has 0 aromatic heterocycles. The Labute approximate surface area is 96.5 Å². The molecule has 92 valence electrons. The second-order valence-corrected chi connectivity index (χ2v) is 4.37. The lowest BCUT2D eigenvalue weighted by atomic mass is 9.99. The van der Waals surface area contributed by atoms with Crippen molar-refractivity contribution < 1.29 is 9.59 Å². The van der Waals surface area contributed by atoms with Crippen molar-refractivity contribution in [1.82, 2.24) is 10.0 Å². The highest BCUT2D eigenvalue weighted by molar-refractivity contribution is 5.85. The molecule has 1 heterocycles. The average molecular weight is 227 g/mol. The number of nitrogens with zero attached hydrogens (tertiary/aromatic N) is 2. The Kier molecular flexibility index (Phi) is 4.29. The van der Waals surface area contributed by atoms with E-state index in [0.717, 1.165) is 12.8 Å².